The highest BCUT2D eigenvalue weighted by atomic mass is 32.2. The first-order valence-electron chi connectivity index (χ1n) is 4.82. The monoisotopic (exact) mass is 269 g/mol. The molecule has 2 rings (SSSR count). The van der Waals surface area contributed by atoms with E-state index in [1.54, 1.807) is 0 Å². The van der Waals surface area contributed by atoms with Gasteiger partial charge in [0, 0.05) is 6.20 Å². The SMILES string of the molecule is COC(=O)Cn1nnnc1Sc1ncccc1F. The van der Waals surface area contributed by atoms with E-state index in [0.717, 1.165) is 11.8 Å². The molecule has 2 heterocycles. The second-order valence-corrected chi connectivity index (χ2v) is 4.04. The summed E-state index contributed by atoms with van der Waals surface area (Å²) in [6.07, 6.45) is 1.46. The third kappa shape index (κ3) is 2.80. The highest BCUT2D eigenvalue weighted by molar-refractivity contribution is 7.99. The number of halogens is 1. The predicted molar refractivity (Wildman–Crippen MR) is 58.2 cm³/mol. The first-order valence-corrected chi connectivity index (χ1v) is 5.63. The molecular weight excluding hydrogens is 261 g/mol. The standard InChI is InChI=1S/C9H8FN5O2S/c1-17-7(16)5-15-9(12-13-14-15)18-8-6(10)3-2-4-11-8/h2-4H,5H2,1H3. The van der Waals surface area contributed by atoms with Gasteiger partial charge < -0.3 is 4.74 Å². The van der Waals surface area contributed by atoms with Gasteiger partial charge >= 0.3 is 5.97 Å². The van der Waals surface area contributed by atoms with Gasteiger partial charge in [-0.3, -0.25) is 4.79 Å². The molecule has 0 atom stereocenters. The van der Waals surface area contributed by atoms with Gasteiger partial charge in [-0.15, -0.1) is 5.10 Å². The van der Waals surface area contributed by atoms with E-state index in [1.807, 2.05) is 0 Å². The van der Waals surface area contributed by atoms with Crippen LogP contribution in [0.2, 0.25) is 0 Å². The van der Waals surface area contributed by atoms with Crippen LogP contribution in [0.25, 0.3) is 0 Å². The summed E-state index contributed by atoms with van der Waals surface area (Å²) in [6, 6.07) is 2.76. The molecule has 94 valence electrons. The zero-order chi connectivity index (χ0) is 13.0. The molecule has 2 aromatic rings. The van der Waals surface area contributed by atoms with Crippen LogP contribution in [0.5, 0.6) is 0 Å². The van der Waals surface area contributed by atoms with Crippen LogP contribution in [0, 0.1) is 5.82 Å². The van der Waals surface area contributed by atoms with Crippen LogP contribution in [0.1, 0.15) is 0 Å². The Bertz CT molecular complexity index is 561. The summed E-state index contributed by atoms with van der Waals surface area (Å²) in [5.41, 5.74) is 0. The second-order valence-electron chi connectivity index (χ2n) is 3.09. The Labute approximate surface area is 105 Å². The Hall–Kier alpha value is -2.03. The molecule has 18 heavy (non-hydrogen) atoms. The molecule has 0 amide bonds. The smallest absolute Gasteiger partial charge is 0.327 e. The fraction of sp³-hybridized carbons (Fsp3) is 0.222. The number of nitrogens with zero attached hydrogens (tertiary/aromatic N) is 5. The molecule has 0 unspecified atom stereocenters. The largest absolute Gasteiger partial charge is 0.468 e. The number of tetrazole rings is 1. The maximum atomic E-state index is 13.4. The fourth-order valence-electron chi connectivity index (χ4n) is 1.09. The van der Waals surface area contributed by atoms with Crippen molar-refractivity contribution >= 4 is 17.7 Å². The normalized spacial score (nSPS) is 10.3. The van der Waals surface area contributed by atoms with Gasteiger partial charge in [0.05, 0.1) is 7.11 Å². The zero-order valence-electron chi connectivity index (χ0n) is 9.28. The van der Waals surface area contributed by atoms with Gasteiger partial charge in [0.25, 0.3) is 0 Å². The lowest BCUT2D eigenvalue weighted by molar-refractivity contribution is -0.141. The zero-order valence-corrected chi connectivity index (χ0v) is 10.1. The van der Waals surface area contributed by atoms with Gasteiger partial charge in [-0.1, -0.05) is 0 Å². The number of carbonyl (C=O) groups excluding carboxylic acids is 1. The Morgan fingerprint density at radius 3 is 3.17 bits per heavy atom. The number of ether oxygens (including phenoxy) is 1. The third-order valence-corrected chi connectivity index (χ3v) is 2.89. The highest BCUT2D eigenvalue weighted by Gasteiger charge is 2.14. The molecule has 0 aliphatic rings. The Balaban J connectivity index is 2.18. The van der Waals surface area contributed by atoms with Crippen molar-refractivity contribution in [3.8, 4) is 0 Å². The molecule has 0 fully saturated rings. The van der Waals surface area contributed by atoms with Crippen molar-refractivity contribution in [3.63, 3.8) is 0 Å². The van der Waals surface area contributed by atoms with Gasteiger partial charge in [0.1, 0.15) is 11.6 Å². The van der Waals surface area contributed by atoms with Crippen LogP contribution in [0.3, 0.4) is 0 Å². The number of esters is 1. The minimum Gasteiger partial charge on any atom is -0.468 e. The van der Waals surface area contributed by atoms with Crippen molar-refractivity contribution in [1.82, 2.24) is 25.2 Å². The van der Waals surface area contributed by atoms with Crippen molar-refractivity contribution in [2.75, 3.05) is 7.11 Å². The Morgan fingerprint density at radius 2 is 2.44 bits per heavy atom. The lowest BCUT2D eigenvalue weighted by Crippen LogP contribution is -2.13. The molecule has 0 radical (unpaired) electrons. The number of hydrogen-bond donors (Lipinski definition) is 0. The van der Waals surface area contributed by atoms with E-state index in [1.165, 1.54) is 30.1 Å². The van der Waals surface area contributed by atoms with E-state index in [4.69, 9.17) is 0 Å². The van der Waals surface area contributed by atoms with Gasteiger partial charge in [-0.05, 0) is 34.3 Å². The van der Waals surface area contributed by atoms with E-state index in [2.05, 4.69) is 25.2 Å². The maximum Gasteiger partial charge on any atom is 0.327 e. The molecular formula is C9H8FN5O2S. The molecule has 0 aromatic carbocycles. The summed E-state index contributed by atoms with van der Waals surface area (Å²) in [6.45, 7) is -0.139. The van der Waals surface area contributed by atoms with Gasteiger partial charge in [0.2, 0.25) is 5.16 Å². The van der Waals surface area contributed by atoms with E-state index in [9.17, 15) is 9.18 Å². The lowest BCUT2D eigenvalue weighted by atomic mass is 10.5. The molecule has 0 spiro atoms. The van der Waals surface area contributed by atoms with E-state index in [0.29, 0.717) is 0 Å². The molecule has 0 N–H and O–H groups in total. The summed E-state index contributed by atoms with van der Waals surface area (Å²) in [4.78, 5) is 15.0. The number of carbonyl (C=O) groups is 1. The first-order chi connectivity index (χ1) is 8.70. The third-order valence-electron chi connectivity index (χ3n) is 1.92. The van der Waals surface area contributed by atoms with Gasteiger partial charge in [0.15, 0.2) is 5.82 Å². The van der Waals surface area contributed by atoms with Crippen molar-refractivity contribution in [1.29, 1.82) is 0 Å². The lowest BCUT2D eigenvalue weighted by Gasteiger charge is -2.02. The molecule has 0 aliphatic heterocycles. The maximum absolute atomic E-state index is 13.4. The van der Waals surface area contributed by atoms with Crippen LogP contribution >= 0.6 is 11.8 Å². The van der Waals surface area contributed by atoms with Crippen LogP contribution in [-0.2, 0) is 16.1 Å². The molecule has 0 bridgehead atoms. The number of aromatic nitrogens is 5. The summed E-state index contributed by atoms with van der Waals surface area (Å²) >= 11 is 0.933. The summed E-state index contributed by atoms with van der Waals surface area (Å²) < 4.78 is 19.1. The minimum absolute atomic E-state index is 0.137. The van der Waals surface area contributed by atoms with E-state index in [-0.39, 0.29) is 16.7 Å². The number of pyridine rings is 1. The van der Waals surface area contributed by atoms with Gasteiger partial charge in [-0.25, -0.2) is 14.1 Å². The molecule has 0 saturated carbocycles. The van der Waals surface area contributed by atoms with E-state index >= 15 is 0 Å². The van der Waals surface area contributed by atoms with Crippen molar-refractivity contribution in [2.45, 2.75) is 16.7 Å². The number of rotatable bonds is 4. The molecule has 0 aliphatic carbocycles. The Kier molecular flexibility index (Phi) is 3.82. The molecule has 9 heteroatoms. The summed E-state index contributed by atoms with van der Waals surface area (Å²) in [5.74, 6) is -0.972. The molecule has 0 saturated heterocycles. The Morgan fingerprint density at radius 1 is 1.61 bits per heavy atom. The van der Waals surface area contributed by atoms with Crippen molar-refractivity contribution in [3.05, 3.63) is 24.1 Å². The summed E-state index contributed by atoms with van der Waals surface area (Å²) in [5, 5.41) is 11.1. The van der Waals surface area contributed by atoms with Crippen LogP contribution < -0.4 is 0 Å². The average Bonchev–Trinajstić information content (AvgIpc) is 2.79. The predicted octanol–water partition coefficient (Wildman–Crippen LogP) is 0.531. The van der Waals surface area contributed by atoms with Crippen molar-refractivity contribution < 1.29 is 13.9 Å². The van der Waals surface area contributed by atoms with Crippen molar-refractivity contribution in [2.24, 2.45) is 0 Å². The molecule has 2 aromatic heterocycles. The number of hydrogen-bond acceptors (Lipinski definition) is 7. The topological polar surface area (TPSA) is 82.8 Å². The average molecular weight is 269 g/mol. The summed E-state index contributed by atoms with van der Waals surface area (Å²) in [7, 11) is 1.26. The van der Waals surface area contributed by atoms with Crippen LogP contribution in [0.15, 0.2) is 28.5 Å². The van der Waals surface area contributed by atoms with Crippen LogP contribution in [-0.4, -0.2) is 38.3 Å². The second kappa shape index (κ2) is 5.54. The minimum atomic E-state index is -0.495. The van der Waals surface area contributed by atoms with Gasteiger partial charge in [-0.2, -0.15) is 0 Å². The quantitative estimate of drug-likeness (QED) is 0.749. The molecule has 7 nitrogen and oxygen atoms in total. The first kappa shape index (κ1) is 12.4. The fourth-order valence-corrected chi connectivity index (χ4v) is 1.82. The highest BCUT2D eigenvalue weighted by Crippen LogP contribution is 2.25. The van der Waals surface area contributed by atoms with Crippen LogP contribution in [0.4, 0.5) is 4.39 Å². The van der Waals surface area contributed by atoms with E-state index < -0.39 is 11.8 Å². The number of methoxy groups -OCH3 is 1.